The van der Waals surface area contributed by atoms with Crippen LogP contribution < -0.4 is 16.0 Å². The van der Waals surface area contributed by atoms with Crippen molar-refractivity contribution in [3.63, 3.8) is 0 Å². The van der Waals surface area contributed by atoms with Crippen molar-refractivity contribution in [2.75, 3.05) is 36.5 Å². The zero-order chi connectivity index (χ0) is 20.4. The van der Waals surface area contributed by atoms with Crippen molar-refractivity contribution >= 4 is 34.9 Å². The summed E-state index contributed by atoms with van der Waals surface area (Å²) in [6.07, 6.45) is -0.453. The second kappa shape index (κ2) is 8.31. The maximum Gasteiger partial charge on any atom is 0.222 e. The molecule has 0 radical (unpaired) electrons. The van der Waals surface area contributed by atoms with Gasteiger partial charge >= 0.3 is 0 Å². The lowest BCUT2D eigenvalue weighted by molar-refractivity contribution is 0.0671. The number of morpholine rings is 1. The highest BCUT2D eigenvalue weighted by molar-refractivity contribution is 6.30. The van der Waals surface area contributed by atoms with Crippen molar-refractivity contribution < 1.29 is 4.74 Å². The zero-order valence-electron chi connectivity index (χ0n) is 16.6. The molecular formula is C21H25ClN6O. The largest absolute Gasteiger partial charge is 0.378 e. The van der Waals surface area contributed by atoms with Gasteiger partial charge in [0.25, 0.3) is 0 Å². The van der Waals surface area contributed by atoms with Crippen LogP contribution in [-0.4, -0.2) is 49.4 Å². The molecule has 152 valence electrons. The Balaban J connectivity index is 1.74. The summed E-state index contributed by atoms with van der Waals surface area (Å²) < 4.78 is 5.52. The van der Waals surface area contributed by atoms with Gasteiger partial charge in [-0.1, -0.05) is 23.7 Å². The third kappa shape index (κ3) is 4.31. The van der Waals surface area contributed by atoms with E-state index in [2.05, 4.69) is 57.1 Å². The van der Waals surface area contributed by atoms with Crippen molar-refractivity contribution in [3.05, 3.63) is 58.6 Å². The second-order valence-electron chi connectivity index (χ2n) is 7.17. The van der Waals surface area contributed by atoms with Crippen molar-refractivity contribution in [2.24, 2.45) is 15.7 Å². The minimum absolute atomic E-state index is 0.242. The van der Waals surface area contributed by atoms with Gasteiger partial charge in [0.1, 0.15) is 0 Å². The van der Waals surface area contributed by atoms with Gasteiger partial charge < -0.3 is 20.7 Å². The SMILES string of the molecule is Cc1ccc(N2C(N3CCOCC3)=NC(N)=NC2Nc2cccc(Cl)c2)cc1C. The van der Waals surface area contributed by atoms with Gasteiger partial charge in [-0.2, -0.15) is 4.99 Å². The molecule has 29 heavy (non-hydrogen) atoms. The number of aryl methyl sites for hydroxylation is 2. The zero-order valence-corrected chi connectivity index (χ0v) is 17.4. The number of nitrogens with one attached hydrogen (secondary N) is 1. The average Bonchev–Trinajstić information content (AvgIpc) is 2.70. The van der Waals surface area contributed by atoms with Crippen molar-refractivity contribution in [2.45, 2.75) is 20.1 Å². The van der Waals surface area contributed by atoms with Crippen LogP contribution in [0.5, 0.6) is 0 Å². The van der Waals surface area contributed by atoms with Gasteiger partial charge in [0.05, 0.1) is 13.2 Å². The van der Waals surface area contributed by atoms with Crippen LogP contribution >= 0.6 is 11.6 Å². The Hall–Kier alpha value is -2.77. The number of nitrogens with two attached hydrogens (primary N) is 1. The van der Waals surface area contributed by atoms with Crippen molar-refractivity contribution in [3.8, 4) is 0 Å². The topological polar surface area (TPSA) is 78.5 Å². The van der Waals surface area contributed by atoms with Crippen LogP contribution in [0.15, 0.2) is 52.4 Å². The number of halogens is 1. The summed E-state index contributed by atoms with van der Waals surface area (Å²) in [7, 11) is 0. The Morgan fingerprint density at radius 2 is 1.90 bits per heavy atom. The number of guanidine groups is 2. The van der Waals surface area contributed by atoms with E-state index < -0.39 is 6.29 Å². The molecule has 1 unspecified atom stereocenters. The molecule has 1 atom stereocenters. The minimum Gasteiger partial charge on any atom is -0.378 e. The molecule has 1 saturated heterocycles. The molecule has 4 rings (SSSR count). The summed E-state index contributed by atoms with van der Waals surface area (Å²) in [5.41, 5.74) is 10.4. The summed E-state index contributed by atoms with van der Waals surface area (Å²) in [5, 5.41) is 4.09. The number of nitrogens with zero attached hydrogens (tertiary/aromatic N) is 4. The summed E-state index contributed by atoms with van der Waals surface area (Å²) in [4.78, 5) is 13.4. The van der Waals surface area contributed by atoms with E-state index in [1.165, 1.54) is 11.1 Å². The number of hydrogen-bond acceptors (Lipinski definition) is 7. The molecule has 2 aromatic rings. The van der Waals surface area contributed by atoms with E-state index in [0.29, 0.717) is 18.2 Å². The van der Waals surface area contributed by atoms with E-state index in [9.17, 15) is 0 Å². The monoisotopic (exact) mass is 412 g/mol. The molecule has 0 amide bonds. The lowest BCUT2D eigenvalue weighted by atomic mass is 10.1. The fraction of sp³-hybridized carbons (Fsp3) is 0.333. The van der Waals surface area contributed by atoms with Gasteiger partial charge in [-0.25, -0.2) is 4.99 Å². The van der Waals surface area contributed by atoms with Crippen LogP contribution in [0, 0.1) is 13.8 Å². The number of anilines is 2. The molecule has 7 nitrogen and oxygen atoms in total. The fourth-order valence-electron chi connectivity index (χ4n) is 3.42. The lowest BCUT2D eigenvalue weighted by Gasteiger charge is -2.41. The maximum atomic E-state index is 6.17. The second-order valence-corrected chi connectivity index (χ2v) is 7.60. The van der Waals surface area contributed by atoms with Crippen LogP contribution in [0.3, 0.4) is 0 Å². The maximum absolute atomic E-state index is 6.17. The van der Waals surface area contributed by atoms with Crippen LogP contribution in [-0.2, 0) is 4.74 Å². The molecule has 2 heterocycles. The normalized spacial score (nSPS) is 19.6. The van der Waals surface area contributed by atoms with Gasteiger partial charge in [0, 0.05) is 29.5 Å². The Morgan fingerprint density at radius 3 is 2.62 bits per heavy atom. The summed E-state index contributed by atoms with van der Waals surface area (Å²) in [6.45, 7) is 7.01. The lowest BCUT2D eigenvalue weighted by Crippen LogP contribution is -2.57. The first-order chi connectivity index (χ1) is 14.0. The van der Waals surface area contributed by atoms with Crippen LogP contribution in [0.25, 0.3) is 0 Å². The molecule has 2 aliphatic heterocycles. The Morgan fingerprint density at radius 1 is 1.10 bits per heavy atom. The van der Waals surface area contributed by atoms with E-state index in [0.717, 1.165) is 30.4 Å². The van der Waals surface area contributed by atoms with Gasteiger partial charge in [0.2, 0.25) is 18.2 Å². The Labute approximate surface area is 175 Å². The molecular weight excluding hydrogens is 388 g/mol. The third-order valence-corrected chi connectivity index (χ3v) is 5.35. The molecule has 1 fully saturated rings. The van der Waals surface area contributed by atoms with Gasteiger partial charge in [0.15, 0.2) is 0 Å². The predicted molar refractivity (Wildman–Crippen MR) is 119 cm³/mol. The summed E-state index contributed by atoms with van der Waals surface area (Å²) in [6, 6.07) is 13.9. The summed E-state index contributed by atoms with van der Waals surface area (Å²) in [5.74, 6) is 1.01. The predicted octanol–water partition coefficient (Wildman–Crippen LogP) is 3.18. The minimum atomic E-state index is -0.453. The first-order valence-corrected chi connectivity index (χ1v) is 10.0. The first kappa shape index (κ1) is 19.5. The standard InChI is InChI=1S/C21H25ClN6O/c1-14-6-7-18(12-15(14)2)28-20(24-17-5-3-4-16(22)13-17)25-19(23)26-21(28)27-8-10-29-11-9-27/h3-7,12-13,20,24H,8-11H2,1-2H3,(H2,23,25). The van der Waals surface area contributed by atoms with Crippen molar-refractivity contribution in [1.82, 2.24) is 4.90 Å². The molecule has 0 saturated carbocycles. The van der Waals surface area contributed by atoms with E-state index in [1.807, 2.05) is 24.3 Å². The van der Waals surface area contributed by atoms with E-state index in [4.69, 9.17) is 22.1 Å². The quantitative estimate of drug-likeness (QED) is 0.809. The molecule has 0 spiro atoms. The summed E-state index contributed by atoms with van der Waals surface area (Å²) >= 11 is 6.17. The van der Waals surface area contributed by atoms with E-state index in [-0.39, 0.29) is 5.96 Å². The Kier molecular flexibility index (Phi) is 5.60. The van der Waals surface area contributed by atoms with Gasteiger partial charge in [-0.15, -0.1) is 0 Å². The molecule has 2 aromatic carbocycles. The number of rotatable bonds is 3. The van der Waals surface area contributed by atoms with Gasteiger partial charge in [-0.05, 0) is 55.3 Å². The molecule has 3 N–H and O–H groups in total. The molecule has 0 aliphatic carbocycles. The Bertz CT molecular complexity index is 954. The highest BCUT2D eigenvalue weighted by Gasteiger charge is 2.32. The number of ether oxygens (including phenoxy) is 1. The molecule has 8 heteroatoms. The fourth-order valence-corrected chi connectivity index (χ4v) is 3.61. The van der Waals surface area contributed by atoms with Gasteiger partial charge in [-0.3, -0.25) is 4.90 Å². The average molecular weight is 413 g/mol. The van der Waals surface area contributed by atoms with E-state index >= 15 is 0 Å². The molecule has 2 aliphatic rings. The van der Waals surface area contributed by atoms with Crippen molar-refractivity contribution in [1.29, 1.82) is 0 Å². The highest BCUT2D eigenvalue weighted by atomic mass is 35.5. The smallest absolute Gasteiger partial charge is 0.222 e. The molecule has 0 aromatic heterocycles. The number of aliphatic imine (C=N–C) groups is 2. The molecule has 0 bridgehead atoms. The number of hydrogen-bond donors (Lipinski definition) is 2. The third-order valence-electron chi connectivity index (χ3n) is 5.11. The van der Waals surface area contributed by atoms with Crippen LogP contribution in [0.4, 0.5) is 11.4 Å². The number of benzene rings is 2. The van der Waals surface area contributed by atoms with Crippen LogP contribution in [0.1, 0.15) is 11.1 Å². The highest BCUT2D eigenvalue weighted by Crippen LogP contribution is 2.27. The van der Waals surface area contributed by atoms with Crippen LogP contribution in [0.2, 0.25) is 5.02 Å². The van der Waals surface area contributed by atoms with E-state index in [1.54, 1.807) is 0 Å². The first-order valence-electron chi connectivity index (χ1n) is 9.64.